The molecule has 0 aromatic heterocycles. The van der Waals surface area contributed by atoms with Crippen LogP contribution in [0, 0.1) is 5.92 Å². The predicted molar refractivity (Wildman–Crippen MR) is 93.7 cm³/mol. The van der Waals surface area contributed by atoms with Gasteiger partial charge < -0.3 is 28.0 Å². The Labute approximate surface area is 150 Å². The van der Waals surface area contributed by atoms with E-state index in [-0.39, 0.29) is 18.8 Å². The second-order valence-electron chi connectivity index (χ2n) is 5.48. The summed E-state index contributed by atoms with van der Waals surface area (Å²) >= 11 is 1.45. The van der Waals surface area contributed by atoms with Gasteiger partial charge in [-0.2, -0.15) is 11.8 Å². The molecule has 2 unspecified atom stereocenters. The standard InChI is InChI=1S/C13H24N4O5S.ClH/c1-13(17,12(16)22)9(10(20)6(14)3-4-23-2)11(21)7(15)5-8(18)19;/h6-7,9H,3-5,14-15,17H2,1-2H3,(H2,16,22)(H,18,19);1H/t6-,7-,9?,13?;/m1./s1. The molecule has 9 N–H and O–H groups in total. The lowest BCUT2D eigenvalue weighted by atomic mass is 9.75. The highest BCUT2D eigenvalue weighted by Crippen LogP contribution is 2.21. The van der Waals surface area contributed by atoms with Crippen molar-refractivity contribution in [3.05, 3.63) is 0 Å². The van der Waals surface area contributed by atoms with E-state index in [1.807, 2.05) is 6.26 Å². The van der Waals surface area contributed by atoms with E-state index in [4.69, 9.17) is 28.0 Å². The summed E-state index contributed by atoms with van der Waals surface area (Å²) < 4.78 is 0. The van der Waals surface area contributed by atoms with E-state index in [0.29, 0.717) is 5.75 Å². The largest absolute Gasteiger partial charge is 0.481 e. The lowest BCUT2D eigenvalue weighted by molar-refractivity contribution is -0.145. The second kappa shape index (κ2) is 10.6. The number of thioether (sulfide) groups is 1. The fourth-order valence-corrected chi connectivity index (χ4v) is 2.47. The molecule has 0 heterocycles. The van der Waals surface area contributed by atoms with Gasteiger partial charge in [0.2, 0.25) is 5.91 Å². The maximum Gasteiger partial charge on any atom is 0.305 e. The van der Waals surface area contributed by atoms with Crippen LogP contribution in [0.4, 0.5) is 0 Å². The highest BCUT2D eigenvalue weighted by Gasteiger charge is 2.48. The summed E-state index contributed by atoms with van der Waals surface area (Å²) in [5.41, 5.74) is 20.2. The quantitative estimate of drug-likeness (QED) is 0.257. The first kappa shape index (κ1) is 25.0. The van der Waals surface area contributed by atoms with Crippen molar-refractivity contribution in [2.75, 3.05) is 12.0 Å². The van der Waals surface area contributed by atoms with Gasteiger partial charge in [-0.3, -0.25) is 19.2 Å². The van der Waals surface area contributed by atoms with Gasteiger partial charge in [0.15, 0.2) is 11.6 Å². The first-order chi connectivity index (χ1) is 10.5. The number of hydrogen-bond acceptors (Lipinski definition) is 8. The molecule has 0 aliphatic carbocycles. The van der Waals surface area contributed by atoms with Crippen LogP contribution in [0.2, 0.25) is 0 Å². The average molecular weight is 385 g/mol. The van der Waals surface area contributed by atoms with Gasteiger partial charge in [0.1, 0.15) is 11.5 Å². The van der Waals surface area contributed by atoms with Crippen LogP contribution in [0.25, 0.3) is 0 Å². The maximum atomic E-state index is 12.5. The molecule has 140 valence electrons. The molecule has 0 rings (SSSR count). The number of primary amides is 1. The molecule has 0 saturated carbocycles. The summed E-state index contributed by atoms with van der Waals surface area (Å²) in [6, 6.07) is -2.52. The molecule has 0 radical (unpaired) electrons. The Kier molecular flexibility index (Phi) is 11.1. The number of amides is 1. The van der Waals surface area contributed by atoms with Gasteiger partial charge >= 0.3 is 5.97 Å². The Bertz CT molecular complexity index is 489. The smallest absolute Gasteiger partial charge is 0.305 e. The lowest BCUT2D eigenvalue weighted by Crippen LogP contribution is -2.64. The summed E-state index contributed by atoms with van der Waals surface area (Å²) in [4.78, 5) is 47.1. The van der Waals surface area contributed by atoms with Gasteiger partial charge in [0, 0.05) is 0 Å². The summed E-state index contributed by atoms with van der Waals surface area (Å²) in [5.74, 6) is -5.25. The number of carbonyl (C=O) groups is 4. The van der Waals surface area contributed by atoms with E-state index in [0.717, 1.165) is 6.92 Å². The van der Waals surface area contributed by atoms with Crippen LogP contribution in [0.15, 0.2) is 0 Å². The van der Waals surface area contributed by atoms with E-state index < -0.39 is 53.4 Å². The first-order valence-corrected chi connectivity index (χ1v) is 8.24. The van der Waals surface area contributed by atoms with Crippen molar-refractivity contribution in [1.29, 1.82) is 0 Å². The summed E-state index contributed by atoms with van der Waals surface area (Å²) in [6.45, 7) is 1.13. The summed E-state index contributed by atoms with van der Waals surface area (Å²) in [7, 11) is 0. The Balaban J connectivity index is 0. The summed E-state index contributed by atoms with van der Waals surface area (Å²) in [5, 5.41) is 8.72. The van der Waals surface area contributed by atoms with Crippen molar-refractivity contribution in [3.8, 4) is 0 Å². The highest BCUT2D eigenvalue weighted by molar-refractivity contribution is 7.98. The number of carboxylic acid groups (broad SMARTS) is 1. The van der Waals surface area contributed by atoms with Crippen molar-refractivity contribution in [2.45, 2.75) is 37.4 Å². The van der Waals surface area contributed by atoms with Gasteiger partial charge in [-0.1, -0.05) is 0 Å². The molecule has 11 heteroatoms. The Morgan fingerprint density at radius 1 is 1.12 bits per heavy atom. The average Bonchev–Trinajstić information content (AvgIpc) is 2.43. The number of carboxylic acids is 1. The number of hydrogen-bond donors (Lipinski definition) is 5. The molecule has 0 aromatic rings. The molecular weight excluding hydrogens is 360 g/mol. The third kappa shape index (κ3) is 6.73. The minimum atomic E-state index is -2.01. The van der Waals surface area contributed by atoms with Gasteiger partial charge in [-0.25, -0.2) is 0 Å². The molecule has 0 aliphatic rings. The van der Waals surface area contributed by atoms with E-state index in [1.165, 1.54) is 11.8 Å². The molecule has 0 spiro atoms. The van der Waals surface area contributed by atoms with Crippen LogP contribution in [-0.4, -0.2) is 58.2 Å². The third-order valence-corrected chi connectivity index (χ3v) is 4.10. The zero-order chi connectivity index (χ0) is 18.4. The van der Waals surface area contributed by atoms with Crippen molar-refractivity contribution in [2.24, 2.45) is 28.9 Å². The zero-order valence-electron chi connectivity index (χ0n) is 13.6. The van der Waals surface area contributed by atoms with Gasteiger partial charge in [0.05, 0.1) is 18.5 Å². The topological polar surface area (TPSA) is 193 Å². The van der Waals surface area contributed by atoms with Crippen LogP contribution in [-0.2, 0) is 19.2 Å². The van der Waals surface area contributed by atoms with Crippen molar-refractivity contribution >= 4 is 47.6 Å². The first-order valence-electron chi connectivity index (χ1n) is 6.84. The van der Waals surface area contributed by atoms with E-state index in [2.05, 4.69) is 0 Å². The maximum absolute atomic E-state index is 12.5. The van der Waals surface area contributed by atoms with Crippen LogP contribution in [0.1, 0.15) is 19.8 Å². The van der Waals surface area contributed by atoms with Crippen molar-refractivity contribution < 1.29 is 24.3 Å². The molecule has 24 heavy (non-hydrogen) atoms. The lowest BCUT2D eigenvalue weighted by Gasteiger charge is -2.32. The Morgan fingerprint density at radius 2 is 1.58 bits per heavy atom. The van der Waals surface area contributed by atoms with Crippen LogP contribution in [0.3, 0.4) is 0 Å². The molecule has 1 amide bonds. The van der Waals surface area contributed by atoms with Crippen LogP contribution < -0.4 is 22.9 Å². The van der Waals surface area contributed by atoms with Crippen molar-refractivity contribution in [3.63, 3.8) is 0 Å². The second-order valence-corrected chi connectivity index (χ2v) is 6.46. The fraction of sp³-hybridized carbons (Fsp3) is 0.692. The monoisotopic (exact) mass is 384 g/mol. The summed E-state index contributed by atoms with van der Waals surface area (Å²) in [6.07, 6.45) is 1.39. The number of Topliss-reactive ketones (excluding diaryl/α,β-unsaturated/α-hetero) is 2. The Morgan fingerprint density at radius 3 is 1.96 bits per heavy atom. The number of carbonyl (C=O) groups excluding carboxylic acids is 3. The van der Waals surface area contributed by atoms with E-state index >= 15 is 0 Å². The normalized spacial score (nSPS) is 16.9. The van der Waals surface area contributed by atoms with Crippen LogP contribution >= 0.6 is 24.2 Å². The third-order valence-electron chi connectivity index (χ3n) is 3.46. The number of halogens is 1. The van der Waals surface area contributed by atoms with Gasteiger partial charge in [-0.15, -0.1) is 12.4 Å². The number of rotatable bonds is 11. The number of ketones is 2. The molecule has 0 aromatic carbocycles. The minimum Gasteiger partial charge on any atom is -0.481 e. The number of aliphatic carboxylic acids is 1. The highest BCUT2D eigenvalue weighted by atomic mass is 35.5. The van der Waals surface area contributed by atoms with Crippen molar-refractivity contribution in [1.82, 2.24) is 0 Å². The minimum absolute atomic E-state index is 0. The van der Waals surface area contributed by atoms with E-state index in [1.54, 1.807) is 0 Å². The molecular formula is C13H25ClN4O5S. The predicted octanol–water partition coefficient (Wildman–Crippen LogP) is -1.75. The van der Waals surface area contributed by atoms with Gasteiger partial charge in [0.25, 0.3) is 0 Å². The van der Waals surface area contributed by atoms with Gasteiger partial charge in [-0.05, 0) is 25.4 Å². The fourth-order valence-electron chi connectivity index (χ4n) is 1.98. The molecule has 0 saturated heterocycles. The van der Waals surface area contributed by atoms with Crippen LogP contribution in [0.5, 0.6) is 0 Å². The Hall–Kier alpha value is -1.20. The van der Waals surface area contributed by atoms with E-state index in [9.17, 15) is 19.2 Å². The zero-order valence-corrected chi connectivity index (χ0v) is 15.2. The molecule has 9 nitrogen and oxygen atoms in total. The molecule has 0 fully saturated rings. The number of nitrogens with two attached hydrogens (primary N) is 4. The molecule has 4 atom stereocenters. The SMILES string of the molecule is CSCC[C@@H](N)C(=O)C(C(=O)[C@H](N)CC(=O)O)C(C)(N)C(N)=O.Cl. The molecule has 0 aliphatic heterocycles. The molecule has 0 bridgehead atoms.